The summed E-state index contributed by atoms with van der Waals surface area (Å²) in [6.07, 6.45) is 2.88. The number of benzene rings is 2. The van der Waals surface area contributed by atoms with E-state index >= 15 is 0 Å². The number of sulfonamides is 1. The molecule has 1 aliphatic heterocycles. The summed E-state index contributed by atoms with van der Waals surface area (Å²) >= 11 is 0. The summed E-state index contributed by atoms with van der Waals surface area (Å²) in [5.74, 6) is -0.689. The Bertz CT molecular complexity index is 1010. The van der Waals surface area contributed by atoms with Gasteiger partial charge in [-0.25, -0.2) is 8.42 Å². The maximum absolute atomic E-state index is 13.0. The lowest BCUT2D eigenvalue weighted by molar-refractivity contribution is -0.149. The summed E-state index contributed by atoms with van der Waals surface area (Å²) in [5, 5.41) is 2.74. The largest absolute Gasteiger partial charge is 0.463 e. The maximum atomic E-state index is 13.0. The van der Waals surface area contributed by atoms with Crippen LogP contribution in [-0.2, 0) is 30.8 Å². The first-order chi connectivity index (χ1) is 15.4. The van der Waals surface area contributed by atoms with Gasteiger partial charge in [-0.1, -0.05) is 48.0 Å². The summed E-state index contributed by atoms with van der Waals surface area (Å²) in [4.78, 5) is 24.8. The number of hydrogen-bond donors (Lipinski definition) is 1. The average molecular weight is 459 g/mol. The standard InChI is InChI=1S/C24H30N2O5S/c1-19-10-12-20(13-11-19)14-15-23(27)25-16-18-31-24(28)22-9-5-6-17-26(22)32(29,30)21-7-3-2-4-8-21/h2-4,7-8,10-13,22H,5-6,9,14-18H2,1H3,(H,25,27). The minimum atomic E-state index is -3.77. The van der Waals surface area contributed by atoms with E-state index in [1.54, 1.807) is 18.2 Å². The van der Waals surface area contributed by atoms with Crippen molar-refractivity contribution in [2.75, 3.05) is 19.7 Å². The van der Waals surface area contributed by atoms with Crippen molar-refractivity contribution in [3.05, 3.63) is 65.7 Å². The Kier molecular flexibility index (Phi) is 8.41. The van der Waals surface area contributed by atoms with E-state index in [-0.39, 0.29) is 30.5 Å². The van der Waals surface area contributed by atoms with Gasteiger partial charge in [0, 0.05) is 13.0 Å². The van der Waals surface area contributed by atoms with Crippen LogP contribution < -0.4 is 5.32 Å². The van der Waals surface area contributed by atoms with E-state index in [9.17, 15) is 18.0 Å². The Hall–Kier alpha value is -2.71. The normalized spacial score (nSPS) is 17.0. The van der Waals surface area contributed by atoms with Crippen molar-refractivity contribution in [1.82, 2.24) is 9.62 Å². The molecule has 1 amide bonds. The van der Waals surface area contributed by atoms with Crippen molar-refractivity contribution in [1.29, 1.82) is 0 Å². The molecule has 32 heavy (non-hydrogen) atoms. The second-order valence-corrected chi connectivity index (χ2v) is 9.83. The molecule has 2 aromatic rings. The average Bonchev–Trinajstić information content (AvgIpc) is 2.82. The van der Waals surface area contributed by atoms with Crippen LogP contribution >= 0.6 is 0 Å². The van der Waals surface area contributed by atoms with Crippen molar-refractivity contribution >= 4 is 21.9 Å². The molecular weight excluding hydrogens is 428 g/mol. The molecule has 0 aromatic heterocycles. The molecule has 1 atom stereocenters. The quantitative estimate of drug-likeness (QED) is 0.461. The van der Waals surface area contributed by atoms with Crippen molar-refractivity contribution in [2.45, 2.75) is 50.0 Å². The molecule has 172 valence electrons. The van der Waals surface area contributed by atoms with Gasteiger partial charge < -0.3 is 10.1 Å². The zero-order valence-corrected chi connectivity index (χ0v) is 19.1. The summed E-state index contributed by atoms with van der Waals surface area (Å²) in [5.41, 5.74) is 2.27. The van der Waals surface area contributed by atoms with Gasteiger partial charge >= 0.3 is 5.97 Å². The third-order valence-corrected chi connectivity index (χ3v) is 7.43. The van der Waals surface area contributed by atoms with Crippen LogP contribution in [0.25, 0.3) is 0 Å². The SMILES string of the molecule is Cc1ccc(CCC(=O)NCCOC(=O)C2CCCCN2S(=O)(=O)c2ccccc2)cc1. The topological polar surface area (TPSA) is 92.8 Å². The number of esters is 1. The number of carbonyl (C=O) groups excluding carboxylic acids is 2. The highest BCUT2D eigenvalue weighted by atomic mass is 32.2. The lowest BCUT2D eigenvalue weighted by Crippen LogP contribution is -2.48. The van der Waals surface area contributed by atoms with E-state index in [1.165, 1.54) is 22.0 Å². The Morgan fingerprint density at radius 1 is 1.06 bits per heavy atom. The second-order valence-electron chi connectivity index (χ2n) is 7.94. The number of aryl methyl sites for hydroxylation is 2. The molecule has 0 aliphatic carbocycles. The van der Waals surface area contributed by atoms with Crippen molar-refractivity contribution in [3.63, 3.8) is 0 Å². The van der Waals surface area contributed by atoms with Crippen LogP contribution in [0.4, 0.5) is 0 Å². The van der Waals surface area contributed by atoms with Crippen LogP contribution in [0.15, 0.2) is 59.5 Å². The minimum Gasteiger partial charge on any atom is -0.463 e. The van der Waals surface area contributed by atoms with Crippen molar-refractivity contribution in [3.8, 4) is 0 Å². The molecule has 1 fully saturated rings. The predicted octanol–water partition coefficient (Wildman–Crippen LogP) is 2.83. The smallest absolute Gasteiger partial charge is 0.324 e. The first-order valence-electron chi connectivity index (χ1n) is 10.9. The van der Waals surface area contributed by atoms with Crippen molar-refractivity contribution < 1.29 is 22.7 Å². The summed E-state index contributed by atoms with van der Waals surface area (Å²) < 4.78 is 32.5. The van der Waals surface area contributed by atoms with Gasteiger partial charge in [0.2, 0.25) is 15.9 Å². The van der Waals surface area contributed by atoms with Gasteiger partial charge in [-0.05, 0) is 50.3 Å². The van der Waals surface area contributed by atoms with Gasteiger partial charge in [0.15, 0.2) is 0 Å². The van der Waals surface area contributed by atoms with E-state index in [0.717, 1.165) is 12.0 Å². The van der Waals surface area contributed by atoms with Crippen LogP contribution in [0, 0.1) is 6.92 Å². The summed E-state index contributed by atoms with van der Waals surface area (Å²) in [6.45, 7) is 2.50. The highest BCUT2D eigenvalue weighted by molar-refractivity contribution is 7.89. The van der Waals surface area contributed by atoms with Gasteiger partial charge in [-0.2, -0.15) is 4.31 Å². The molecule has 1 saturated heterocycles. The molecular formula is C24H30N2O5S. The monoisotopic (exact) mass is 458 g/mol. The Balaban J connectivity index is 1.46. The fourth-order valence-corrected chi connectivity index (χ4v) is 5.36. The number of rotatable bonds is 9. The maximum Gasteiger partial charge on any atom is 0.324 e. The minimum absolute atomic E-state index is 0.00479. The van der Waals surface area contributed by atoms with Crippen LogP contribution in [0.5, 0.6) is 0 Å². The fraction of sp³-hybridized carbons (Fsp3) is 0.417. The molecule has 1 unspecified atom stereocenters. The number of nitrogens with zero attached hydrogens (tertiary/aromatic N) is 1. The molecule has 2 aromatic carbocycles. The number of hydrogen-bond acceptors (Lipinski definition) is 5. The Morgan fingerprint density at radius 3 is 2.50 bits per heavy atom. The van der Waals surface area contributed by atoms with Crippen molar-refractivity contribution in [2.24, 2.45) is 0 Å². The third kappa shape index (κ3) is 6.40. The zero-order chi connectivity index (χ0) is 23.0. The summed E-state index contributed by atoms with van der Waals surface area (Å²) in [6, 6.07) is 15.3. The predicted molar refractivity (Wildman–Crippen MR) is 121 cm³/mol. The number of nitrogens with one attached hydrogen (secondary N) is 1. The second kappa shape index (κ2) is 11.2. The van der Waals surface area contributed by atoms with Gasteiger partial charge in [-0.3, -0.25) is 9.59 Å². The number of amides is 1. The highest BCUT2D eigenvalue weighted by Gasteiger charge is 2.38. The molecule has 1 heterocycles. The van der Waals surface area contributed by atoms with E-state index in [2.05, 4.69) is 5.32 Å². The molecule has 1 aliphatic rings. The first-order valence-corrected chi connectivity index (χ1v) is 12.4. The Labute approximate surface area is 189 Å². The molecule has 7 nitrogen and oxygen atoms in total. The molecule has 0 spiro atoms. The van der Waals surface area contributed by atoms with Crippen LogP contribution in [0.2, 0.25) is 0 Å². The lowest BCUT2D eigenvalue weighted by Gasteiger charge is -2.33. The number of ether oxygens (including phenoxy) is 1. The molecule has 1 N–H and O–H groups in total. The number of carbonyl (C=O) groups is 2. The fourth-order valence-electron chi connectivity index (χ4n) is 3.70. The van der Waals surface area contributed by atoms with E-state index in [0.29, 0.717) is 25.7 Å². The zero-order valence-electron chi connectivity index (χ0n) is 18.3. The third-order valence-electron chi connectivity index (χ3n) is 5.51. The molecule has 8 heteroatoms. The van der Waals surface area contributed by atoms with Crippen LogP contribution in [0.1, 0.15) is 36.8 Å². The van der Waals surface area contributed by atoms with E-state index in [1.807, 2.05) is 31.2 Å². The van der Waals surface area contributed by atoms with Gasteiger partial charge in [0.1, 0.15) is 12.6 Å². The van der Waals surface area contributed by atoms with Crippen LogP contribution in [-0.4, -0.2) is 50.3 Å². The molecule has 0 saturated carbocycles. The van der Waals surface area contributed by atoms with Gasteiger partial charge in [0.25, 0.3) is 0 Å². The van der Waals surface area contributed by atoms with E-state index in [4.69, 9.17) is 4.74 Å². The molecule has 3 rings (SSSR count). The van der Waals surface area contributed by atoms with E-state index < -0.39 is 22.0 Å². The van der Waals surface area contributed by atoms with Gasteiger partial charge in [0.05, 0.1) is 11.4 Å². The molecule has 0 bridgehead atoms. The lowest BCUT2D eigenvalue weighted by atomic mass is 10.1. The highest BCUT2D eigenvalue weighted by Crippen LogP contribution is 2.26. The van der Waals surface area contributed by atoms with Crippen LogP contribution in [0.3, 0.4) is 0 Å². The molecule has 0 radical (unpaired) electrons. The summed E-state index contributed by atoms with van der Waals surface area (Å²) in [7, 11) is -3.77. The van der Waals surface area contributed by atoms with Gasteiger partial charge in [-0.15, -0.1) is 0 Å². The number of piperidine rings is 1. The first kappa shape index (κ1) is 23.9. The Morgan fingerprint density at radius 2 is 1.78 bits per heavy atom.